The van der Waals surface area contributed by atoms with Crippen LogP contribution in [0.2, 0.25) is 0 Å². The second kappa shape index (κ2) is 9.16. The highest BCUT2D eigenvalue weighted by atomic mass is 16.5. The van der Waals surface area contributed by atoms with Gasteiger partial charge in [-0.3, -0.25) is 14.7 Å². The van der Waals surface area contributed by atoms with E-state index in [1.807, 2.05) is 13.8 Å². The lowest BCUT2D eigenvalue weighted by Crippen LogP contribution is -2.28. The molecule has 29 heavy (non-hydrogen) atoms. The molecule has 3 aromatic rings. The fraction of sp³-hybridized carbons (Fsp3) is 0.300. The highest BCUT2D eigenvalue weighted by molar-refractivity contribution is 5.93. The van der Waals surface area contributed by atoms with Crippen LogP contribution in [0.25, 0.3) is 16.9 Å². The standard InChI is InChI=1S/C20H23N5O4/c1-13(2)29-9-8-22-19(26)15-4-5-17(23-11-15)25-20(27)16(12-24-25)14-6-7-21-18(10-14)28-3/h4-7,10-13,24H,8-9H2,1-3H3,(H,22,26). The molecule has 3 rings (SSSR count). The van der Waals surface area contributed by atoms with Crippen LogP contribution in [0.1, 0.15) is 24.2 Å². The minimum absolute atomic E-state index is 0.116. The molecule has 0 saturated carbocycles. The van der Waals surface area contributed by atoms with E-state index in [0.717, 1.165) is 0 Å². The number of aromatic nitrogens is 4. The number of methoxy groups -OCH3 is 1. The summed E-state index contributed by atoms with van der Waals surface area (Å²) in [5.41, 5.74) is 1.27. The van der Waals surface area contributed by atoms with Crippen molar-refractivity contribution in [2.75, 3.05) is 20.3 Å². The van der Waals surface area contributed by atoms with Crippen molar-refractivity contribution in [1.29, 1.82) is 0 Å². The molecule has 0 atom stereocenters. The van der Waals surface area contributed by atoms with Crippen molar-refractivity contribution in [3.05, 3.63) is 58.8 Å². The van der Waals surface area contributed by atoms with E-state index in [0.29, 0.717) is 41.5 Å². The molecular formula is C20H23N5O4. The van der Waals surface area contributed by atoms with Crippen molar-refractivity contribution in [2.45, 2.75) is 20.0 Å². The summed E-state index contributed by atoms with van der Waals surface area (Å²) in [5.74, 6) is 0.545. The summed E-state index contributed by atoms with van der Waals surface area (Å²) in [6.07, 6.45) is 4.71. The summed E-state index contributed by atoms with van der Waals surface area (Å²) in [4.78, 5) is 33.2. The van der Waals surface area contributed by atoms with Gasteiger partial charge in [-0.15, -0.1) is 0 Å². The average Bonchev–Trinajstić information content (AvgIpc) is 3.12. The fourth-order valence-electron chi connectivity index (χ4n) is 2.65. The van der Waals surface area contributed by atoms with Crippen molar-refractivity contribution in [1.82, 2.24) is 25.1 Å². The molecule has 0 aliphatic carbocycles. The summed E-state index contributed by atoms with van der Waals surface area (Å²) in [5, 5.41) is 5.65. The van der Waals surface area contributed by atoms with E-state index in [9.17, 15) is 9.59 Å². The number of hydrogen-bond donors (Lipinski definition) is 2. The van der Waals surface area contributed by atoms with Gasteiger partial charge in [0.15, 0.2) is 5.82 Å². The third-order valence-electron chi connectivity index (χ3n) is 4.10. The van der Waals surface area contributed by atoms with E-state index in [2.05, 4.69) is 20.4 Å². The molecule has 2 N–H and O–H groups in total. The number of carbonyl (C=O) groups excluding carboxylic acids is 1. The Morgan fingerprint density at radius 2 is 2.10 bits per heavy atom. The lowest BCUT2D eigenvalue weighted by molar-refractivity contribution is 0.0746. The Balaban J connectivity index is 1.73. The van der Waals surface area contributed by atoms with E-state index in [1.54, 1.807) is 36.7 Å². The first-order chi connectivity index (χ1) is 14.0. The number of carbonyl (C=O) groups is 1. The Labute approximate surface area is 167 Å². The minimum Gasteiger partial charge on any atom is -0.481 e. The molecule has 0 aliphatic rings. The van der Waals surface area contributed by atoms with E-state index in [1.165, 1.54) is 18.0 Å². The third-order valence-corrected chi connectivity index (χ3v) is 4.10. The van der Waals surface area contributed by atoms with Crippen LogP contribution in [0, 0.1) is 0 Å². The van der Waals surface area contributed by atoms with Crippen molar-refractivity contribution >= 4 is 5.91 Å². The number of nitrogens with one attached hydrogen (secondary N) is 2. The fourth-order valence-corrected chi connectivity index (χ4v) is 2.65. The van der Waals surface area contributed by atoms with Gasteiger partial charge < -0.3 is 14.8 Å². The summed E-state index contributed by atoms with van der Waals surface area (Å²) in [6, 6.07) is 6.62. The first-order valence-corrected chi connectivity index (χ1v) is 9.16. The first-order valence-electron chi connectivity index (χ1n) is 9.16. The van der Waals surface area contributed by atoms with Gasteiger partial charge in [0.05, 0.1) is 30.9 Å². The van der Waals surface area contributed by atoms with Crippen LogP contribution in [0.15, 0.2) is 47.7 Å². The molecule has 0 saturated heterocycles. The van der Waals surface area contributed by atoms with Gasteiger partial charge in [-0.25, -0.2) is 14.6 Å². The number of pyridine rings is 2. The Hall–Kier alpha value is -3.46. The largest absolute Gasteiger partial charge is 0.481 e. The Kier molecular flexibility index (Phi) is 6.40. The highest BCUT2D eigenvalue weighted by Crippen LogP contribution is 2.19. The van der Waals surface area contributed by atoms with Crippen LogP contribution in [0.5, 0.6) is 5.88 Å². The maximum atomic E-state index is 12.8. The van der Waals surface area contributed by atoms with Crippen molar-refractivity contribution in [2.24, 2.45) is 0 Å². The van der Waals surface area contributed by atoms with Crippen LogP contribution in [-0.4, -0.2) is 52.0 Å². The first kappa shape index (κ1) is 20.3. The second-order valence-electron chi connectivity index (χ2n) is 6.50. The Morgan fingerprint density at radius 3 is 2.79 bits per heavy atom. The second-order valence-corrected chi connectivity index (χ2v) is 6.50. The normalized spacial score (nSPS) is 10.9. The number of H-pyrrole nitrogens is 1. The predicted octanol–water partition coefficient (Wildman–Crippen LogP) is 1.79. The van der Waals surface area contributed by atoms with Crippen LogP contribution in [0.3, 0.4) is 0 Å². The van der Waals surface area contributed by atoms with E-state index >= 15 is 0 Å². The topological polar surface area (TPSA) is 111 Å². The van der Waals surface area contributed by atoms with E-state index < -0.39 is 0 Å². The van der Waals surface area contributed by atoms with Gasteiger partial charge >= 0.3 is 0 Å². The number of amides is 1. The summed E-state index contributed by atoms with van der Waals surface area (Å²) in [6.45, 7) is 4.72. The van der Waals surface area contributed by atoms with Gasteiger partial charge in [0.25, 0.3) is 11.5 Å². The summed E-state index contributed by atoms with van der Waals surface area (Å²) >= 11 is 0. The third kappa shape index (κ3) is 4.88. The van der Waals surface area contributed by atoms with Gasteiger partial charge in [-0.1, -0.05) is 0 Å². The molecule has 9 heteroatoms. The number of nitrogens with zero attached hydrogens (tertiary/aromatic N) is 3. The molecule has 3 aromatic heterocycles. The summed E-state index contributed by atoms with van der Waals surface area (Å²) < 4.78 is 11.8. The number of rotatable bonds is 8. The SMILES string of the molecule is COc1cc(-c2c[nH]n(-c3ccc(C(=O)NCCOC(C)C)cn3)c2=O)ccn1. The molecule has 0 bridgehead atoms. The zero-order valence-corrected chi connectivity index (χ0v) is 16.5. The quantitative estimate of drug-likeness (QED) is 0.561. The van der Waals surface area contributed by atoms with E-state index in [4.69, 9.17) is 9.47 Å². The smallest absolute Gasteiger partial charge is 0.280 e. The lowest BCUT2D eigenvalue weighted by atomic mass is 10.1. The molecule has 0 aromatic carbocycles. The Bertz CT molecular complexity index is 1020. The molecule has 0 aliphatic heterocycles. The van der Waals surface area contributed by atoms with Crippen molar-refractivity contribution in [3.63, 3.8) is 0 Å². The van der Waals surface area contributed by atoms with Gasteiger partial charge in [0, 0.05) is 31.2 Å². The maximum absolute atomic E-state index is 12.8. The molecule has 1 amide bonds. The average molecular weight is 397 g/mol. The molecule has 3 heterocycles. The zero-order valence-electron chi connectivity index (χ0n) is 16.5. The maximum Gasteiger partial charge on any atom is 0.280 e. The van der Waals surface area contributed by atoms with E-state index in [-0.39, 0.29) is 17.6 Å². The van der Waals surface area contributed by atoms with Crippen LogP contribution in [-0.2, 0) is 4.74 Å². The lowest BCUT2D eigenvalue weighted by Gasteiger charge is -2.09. The zero-order chi connectivity index (χ0) is 20.8. The minimum atomic E-state index is -0.270. The molecule has 0 spiro atoms. The number of ether oxygens (including phenoxy) is 2. The molecule has 9 nitrogen and oxygen atoms in total. The number of aromatic amines is 1. The monoisotopic (exact) mass is 397 g/mol. The molecule has 152 valence electrons. The van der Waals surface area contributed by atoms with Crippen LogP contribution in [0.4, 0.5) is 0 Å². The van der Waals surface area contributed by atoms with Gasteiger partial charge in [0.1, 0.15) is 0 Å². The van der Waals surface area contributed by atoms with Gasteiger partial charge in [0.2, 0.25) is 5.88 Å². The molecule has 0 unspecified atom stereocenters. The highest BCUT2D eigenvalue weighted by Gasteiger charge is 2.13. The predicted molar refractivity (Wildman–Crippen MR) is 107 cm³/mol. The molecule has 0 fully saturated rings. The van der Waals surface area contributed by atoms with Gasteiger partial charge in [-0.2, -0.15) is 0 Å². The van der Waals surface area contributed by atoms with Crippen molar-refractivity contribution < 1.29 is 14.3 Å². The van der Waals surface area contributed by atoms with Gasteiger partial charge in [-0.05, 0) is 37.6 Å². The number of hydrogen-bond acceptors (Lipinski definition) is 6. The Morgan fingerprint density at radius 1 is 1.28 bits per heavy atom. The summed E-state index contributed by atoms with van der Waals surface area (Å²) in [7, 11) is 1.51. The van der Waals surface area contributed by atoms with Crippen LogP contribution >= 0.6 is 0 Å². The van der Waals surface area contributed by atoms with Crippen LogP contribution < -0.4 is 15.6 Å². The molecule has 0 radical (unpaired) electrons. The molecular weight excluding hydrogens is 374 g/mol. The van der Waals surface area contributed by atoms with Crippen molar-refractivity contribution in [3.8, 4) is 22.8 Å².